The lowest BCUT2D eigenvalue weighted by molar-refractivity contribution is 0.0985. The Labute approximate surface area is 154 Å². The van der Waals surface area contributed by atoms with Crippen molar-refractivity contribution in [3.63, 3.8) is 0 Å². The van der Waals surface area contributed by atoms with Crippen molar-refractivity contribution in [3.05, 3.63) is 78.0 Å². The smallest absolute Gasteiger partial charge is 0.143 e. The molecule has 1 atom stereocenters. The third-order valence-electron chi connectivity index (χ3n) is 4.25. The minimum atomic E-state index is 0.0467. The number of likely N-dealkylation sites (N-methyl/N-ethyl adjacent to an activating group) is 1. The van der Waals surface area contributed by atoms with Gasteiger partial charge in [-0.15, -0.1) is 0 Å². The molecular weight excluding hydrogens is 324 g/mol. The fraction of sp³-hybridized carbons (Fsp3) is 0.286. The SMILES string of the molecule is COC[C@H](c1ccccn1)N(C)Cc1nc(C)cc(-c2ccccc2)n1. The van der Waals surface area contributed by atoms with E-state index in [4.69, 9.17) is 9.72 Å². The number of ether oxygens (including phenoxy) is 1. The molecule has 0 spiro atoms. The molecule has 5 nitrogen and oxygen atoms in total. The van der Waals surface area contributed by atoms with Gasteiger partial charge in [-0.2, -0.15) is 0 Å². The molecule has 134 valence electrons. The van der Waals surface area contributed by atoms with E-state index in [1.165, 1.54) is 0 Å². The van der Waals surface area contributed by atoms with E-state index in [-0.39, 0.29) is 6.04 Å². The van der Waals surface area contributed by atoms with Crippen LogP contribution in [0.25, 0.3) is 11.3 Å². The van der Waals surface area contributed by atoms with Crippen molar-refractivity contribution in [1.82, 2.24) is 19.9 Å². The maximum Gasteiger partial charge on any atom is 0.143 e. The van der Waals surface area contributed by atoms with E-state index in [0.29, 0.717) is 13.2 Å². The van der Waals surface area contributed by atoms with Crippen molar-refractivity contribution in [1.29, 1.82) is 0 Å². The van der Waals surface area contributed by atoms with Crippen LogP contribution in [0.4, 0.5) is 0 Å². The van der Waals surface area contributed by atoms with E-state index in [0.717, 1.165) is 28.5 Å². The summed E-state index contributed by atoms with van der Waals surface area (Å²) in [5.41, 5.74) is 3.99. The zero-order chi connectivity index (χ0) is 18.4. The van der Waals surface area contributed by atoms with Crippen LogP contribution in [0.2, 0.25) is 0 Å². The Morgan fingerprint density at radius 3 is 2.50 bits per heavy atom. The molecule has 0 unspecified atom stereocenters. The van der Waals surface area contributed by atoms with Gasteiger partial charge >= 0.3 is 0 Å². The Balaban J connectivity index is 1.84. The summed E-state index contributed by atoms with van der Waals surface area (Å²) >= 11 is 0. The van der Waals surface area contributed by atoms with Crippen LogP contribution in [0.5, 0.6) is 0 Å². The summed E-state index contributed by atoms with van der Waals surface area (Å²) in [6.07, 6.45) is 1.81. The first-order valence-corrected chi connectivity index (χ1v) is 8.67. The Bertz CT molecular complexity index is 824. The summed E-state index contributed by atoms with van der Waals surface area (Å²) in [6, 6.07) is 18.2. The van der Waals surface area contributed by atoms with Gasteiger partial charge in [-0.05, 0) is 32.2 Å². The third kappa shape index (κ3) is 4.50. The van der Waals surface area contributed by atoms with Crippen LogP contribution in [0.3, 0.4) is 0 Å². The van der Waals surface area contributed by atoms with Gasteiger partial charge in [-0.3, -0.25) is 9.88 Å². The molecule has 5 heteroatoms. The van der Waals surface area contributed by atoms with Gasteiger partial charge < -0.3 is 4.74 Å². The summed E-state index contributed by atoms with van der Waals surface area (Å²) < 4.78 is 5.41. The monoisotopic (exact) mass is 348 g/mol. The maximum atomic E-state index is 5.41. The van der Waals surface area contributed by atoms with Crippen LogP contribution < -0.4 is 0 Å². The molecule has 0 aliphatic rings. The molecule has 0 fully saturated rings. The second-order valence-electron chi connectivity index (χ2n) is 6.32. The van der Waals surface area contributed by atoms with E-state index < -0.39 is 0 Å². The minimum Gasteiger partial charge on any atom is -0.383 e. The van der Waals surface area contributed by atoms with E-state index >= 15 is 0 Å². The lowest BCUT2D eigenvalue weighted by Crippen LogP contribution is -2.29. The maximum absolute atomic E-state index is 5.41. The fourth-order valence-electron chi connectivity index (χ4n) is 2.96. The van der Waals surface area contributed by atoms with Crippen LogP contribution in [-0.2, 0) is 11.3 Å². The molecule has 0 bridgehead atoms. The molecule has 0 saturated carbocycles. The molecule has 0 radical (unpaired) electrons. The predicted octanol–water partition coefficient (Wildman–Crippen LogP) is 3.67. The van der Waals surface area contributed by atoms with E-state index in [2.05, 4.69) is 27.0 Å². The Morgan fingerprint density at radius 2 is 1.81 bits per heavy atom. The number of benzene rings is 1. The van der Waals surface area contributed by atoms with Gasteiger partial charge in [0.05, 0.1) is 30.6 Å². The van der Waals surface area contributed by atoms with Crippen LogP contribution in [-0.4, -0.2) is 40.6 Å². The highest BCUT2D eigenvalue weighted by Crippen LogP contribution is 2.21. The van der Waals surface area contributed by atoms with Crippen molar-refractivity contribution >= 4 is 0 Å². The standard InChI is InChI=1S/C21H24N4O/c1-16-13-19(17-9-5-4-6-10-17)24-21(23-16)14-25(2)20(15-26-3)18-11-7-8-12-22-18/h4-13,20H,14-15H2,1-3H3/t20-/m1/s1. The second kappa shape index (κ2) is 8.65. The number of aryl methyl sites for hydroxylation is 1. The first-order chi connectivity index (χ1) is 12.7. The van der Waals surface area contributed by atoms with Gasteiger partial charge in [-0.1, -0.05) is 36.4 Å². The first kappa shape index (κ1) is 18.2. The molecule has 1 aromatic carbocycles. The highest BCUT2D eigenvalue weighted by molar-refractivity contribution is 5.58. The summed E-state index contributed by atoms with van der Waals surface area (Å²) in [4.78, 5) is 16.0. The van der Waals surface area contributed by atoms with Gasteiger partial charge in [0.2, 0.25) is 0 Å². The van der Waals surface area contributed by atoms with Crippen LogP contribution in [0.15, 0.2) is 60.8 Å². The molecule has 0 aliphatic heterocycles. The zero-order valence-corrected chi connectivity index (χ0v) is 15.5. The lowest BCUT2D eigenvalue weighted by atomic mass is 10.1. The molecule has 0 amide bonds. The molecule has 26 heavy (non-hydrogen) atoms. The summed E-state index contributed by atoms with van der Waals surface area (Å²) in [5, 5.41) is 0. The zero-order valence-electron chi connectivity index (χ0n) is 15.5. The van der Waals surface area contributed by atoms with Gasteiger partial charge in [0.15, 0.2) is 0 Å². The normalized spacial score (nSPS) is 12.3. The summed E-state index contributed by atoms with van der Waals surface area (Å²) in [6.45, 7) is 3.18. The topological polar surface area (TPSA) is 51.1 Å². The van der Waals surface area contributed by atoms with Crippen LogP contribution in [0.1, 0.15) is 23.3 Å². The number of nitrogens with zero attached hydrogens (tertiary/aromatic N) is 4. The Kier molecular flexibility index (Phi) is 6.04. The van der Waals surface area contributed by atoms with E-state index in [1.807, 2.05) is 62.6 Å². The Hall–Kier alpha value is -2.63. The molecule has 3 rings (SSSR count). The summed E-state index contributed by atoms with van der Waals surface area (Å²) in [7, 11) is 3.76. The van der Waals surface area contributed by atoms with Crippen molar-refractivity contribution in [2.45, 2.75) is 19.5 Å². The molecule has 0 saturated heterocycles. The van der Waals surface area contributed by atoms with Crippen molar-refractivity contribution in [2.75, 3.05) is 20.8 Å². The Morgan fingerprint density at radius 1 is 1.04 bits per heavy atom. The molecule has 2 aromatic heterocycles. The average molecular weight is 348 g/mol. The van der Waals surface area contributed by atoms with E-state index in [1.54, 1.807) is 7.11 Å². The van der Waals surface area contributed by atoms with Crippen LogP contribution in [0, 0.1) is 6.92 Å². The van der Waals surface area contributed by atoms with E-state index in [9.17, 15) is 0 Å². The quantitative estimate of drug-likeness (QED) is 0.652. The van der Waals surface area contributed by atoms with Crippen molar-refractivity contribution in [3.8, 4) is 11.3 Å². The molecular formula is C21H24N4O. The number of aromatic nitrogens is 3. The molecule has 3 aromatic rings. The molecule has 0 aliphatic carbocycles. The van der Waals surface area contributed by atoms with Crippen molar-refractivity contribution in [2.24, 2.45) is 0 Å². The number of rotatable bonds is 7. The average Bonchev–Trinajstić information content (AvgIpc) is 2.67. The first-order valence-electron chi connectivity index (χ1n) is 8.67. The second-order valence-corrected chi connectivity index (χ2v) is 6.32. The fourth-order valence-corrected chi connectivity index (χ4v) is 2.96. The van der Waals surface area contributed by atoms with Crippen LogP contribution >= 0.6 is 0 Å². The number of pyridine rings is 1. The largest absolute Gasteiger partial charge is 0.383 e. The summed E-state index contributed by atoms with van der Waals surface area (Å²) in [5.74, 6) is 0.795. The van der Waals surface area contributed by atoms with Gasteiger partial charge in [0.1, 0.15) is 5.82 Å². The number of hydrogen-bond acceptors (Lipinski definition) is 5. The highest BCUT2D eigenvalue weighted by atomic mass is 16.5. The molecule has 0 N–H and O–H groups in total. The van der Waals surface area contributed by atoms with Gasteiger partial charge in [0.25, 0.3) is 0 Å². The third-order valence-corrected chi connectivity index (χ3v) is 4.25. The van der Waals surface area contributed by atoms with Gasteiger partial charge in [0, 0.05) is 24.6 Å². The lowest BCUT2D eigenvalue weighted by Gasteiger charge is -2.26. The predicted molar refractivity (Wildman–Crippen MR) is 103 cm³/mol. The minimum absolute atomic E-state index is 0.0467. The molecule has 2 heterocycles. The van der Waals surface area contributed by atoms with Crippen molar-refractivity contribution < 1.29 is 4.74 Å². The highest BCUT2D eigenvalue weighted by Gasteiger charge is 2.19. The number of hydrogen-bond donors (Lipinski definition) is 0. The van der Waals surface area contributed by atoms with Gasteiger partial charge in [-0.25, -0.2) is 9.97 Å². The number of methoxy groups -OCH3 is 1.